The van der Waals surface area contributed by atoms with Crippen LogP contribution in [-0.2, 0) is 4.79 Å². The smallest absolute Gasteiger partial charge is 0.244 e. The quantitative estimate of drug-likeness (QED) is 0.195. The maximum Gasteiger partial charge on any atom is 0.244 e. The van der Waals surface area contributed by atoms with Gasteiger partial charge in [0.15, 0.2) is 0 Å². The minimum Gasteiger partial charge on any atom is -0.479 e. The van der Waals surface area contributed by atoms with Crippen molar-refractivity contribution in [2.24, 2.45) is 11.0 Å². The van der Waals surface area contributed by atoms with Crippen LogP contribution in [-0.4, -0.2) is 18.2 Å². The number of hydrogen-bond acceptors (Lipinski definition) is 3. The average Bonchev–Trinajstić information content (AvgIpc) is 2.62. The summed E-state index contributed by atoms with van der Waals surface area (Å²) in [7, 11) is 0. The summed E-state index contributed by atoms with van der Waals surface area (Å²) in [5.74, 6) is 3.24. The Balaban J connectivity index is 2.94. The van der Waals surface area contributed by atoms with Crippen molar-refractivity contribution in [3.8, 4) is 18.1 Å². The number of hydrogen-bond donors (Lipinski definition) is 0. The van der Waals surface area contributed by atoms with Crippen molar-refractivity contribution in [2.45, 2.75) is 59.8 Å². The van der Waals surface area contributed by atoms with Crippen molar-refractivity contribution in [3.63, 3.8) is 0 Å². The van der Waals surface area contributed by atoms with E-state index in [0.29, 0.717) is 21.5 Å². The van der Waals surface area contributed by atoms with Gasteiger partial charge in [-0.25, -0.2) is 0 Å². The Kier molecular flexibility index (Phi) is 10.3. The maximum atomic E-state index is 12.2. The van der Waals surface area contributed by atoms with Gasteiger partial charge < -0.3 is 4.74 Å². The number of anilines is 1. The van der Waals surface area contributed by atoms with Gasteiger partial charge in [0.1, 0.15) is 12.4 Å². The number of carbonyl (C=O) groups is 1. The molecular weight excluding hydrogens is 383 g/mol. The Bertz CT molecular complexity index is 711. The highest BCUT2D eigenvalue weighted by Crippen LogP contribution is 2.36. The highest BCUT2D eigenvalue weighted by Gasteiger charge is 2.18. The first-order valence-corrected chi connectivity index (χ1v) is 9.95. The van der Waals surface area contributed by atoms with E-state index >= 15 is 0 Å². The lowest BCUT2D eigenvalue weighted by Crippen LogP contribution is -2.24. The molecule has 1 atom stereocenters. The topological polar surface area (TPSA) is 41.9 Å². The Morgan fingerprint density at radius 1 is 1.30 bits per heavy atom. The van der Waals surface area contributed by atoms with E-state index in [1.54, 1.807) is 6.07 Å². The SMILES string of the molecule is C#CCOc1cc(N(/N=C(\C)CCCCC(C)CC)C(C)=O)c(Cl)cc1Cl. The molecule has 27 heavy (non-hydrogen) atoms. The summed E-state index contributed by atoms with van der Waals surface area (Å²) in [5.41, 5.74) is 1.28. The molecule has 0 heterocycles. The lowest BCUT2D eigenvalue weighted by atomic mass is 10.0. The van der Waals surface area contributed by atoms with Crippen LogP contribution in [0, 0.1) is 18.3 Å². The van der Waals surface area contributed by atoms with Crippen molar-refractivity contribution in [1.29, 1.82) is 0 Å². The number of benzene rings is 1. The Morgan fingerprint density at radius 3 is 2.59 bits per heavy atom. The summed E-state index contributed by atoms with van der Waals surface area (Å²) in [6.07, 6.45) is 10.6. The number of terminal acetylenes is 1. The number of rotatable bonds is 10. The van der Waals surface area contributed by atoms with E-state index in [0.717, 1.165) is 30.9 Å². The summed E-state index contributed by atoms with van der Waals surface area (Å²) >= 11 is 12.4. The Labute approximate surface area is 172 Å². The second-order valence-corrected chi connectivity index (χ2v) is 7.47. The van der Waals surface area contributed by atoms with Gasteiger partial charge in [-0.1, -0.05) is 62.2 Å². The third-order valence-electron chi connectivity index (χ3n) is 4.29. The molecule has 0 aliphatic rings. The molecule has 0 saturated carbocycles. The number of ether oxygens (including phenoxy) is 1. The van der Waals surface area contributed by atoms with Gasteiger partial charge in [-0.05, 0) is 31.7 Å². The van der Waals surface area contributed by atoms with Gasteiger partial charge in [0.05, 0.1) is 15.7 Å². The number of nitrogens with zero attached hydrogens (tertiary/aromatic N) is 2. The van der Waals surface area contributed by atoms with Crippen LogP contribution in [0.2, 0.25) is 10.0 Å². The summed E-state index contributed by atoms with van der Waals surface area (Å²) < 4.78 is 5.42. The minimum atomic E-state index is -0.249. The number of amides is 1. The molecule has 4 nitrogen and oxygen atoms in total. The molecule has 0 bridgehead atoms. The fourth-order valence-corrected chi connectivity index (χ4v) is 3.02. The second kappa shape index (κ2) is 11.9. The summed E-state index contributed by atoms with van der Waals surface area (Å²) in [4.78, 5) is 12.2. The average molecular weight is 411 g/mol. The summed E-state index contributed by atoms with van der Waals surface area (Å²) in [6, 6.07) is 3.11. The fourth-order valence-electron chi connectivity index (χ4n) is 2.50. The number of unbranched alkanes of at least 4 members (excludes halogenated alkanes) is 1. The van der Waals surface area contributed by atoms with Crippen LogP contribution < -0.4 is 9.75 Å². The molecule has 1 rings (SSSR count). The molecule has 0 aromatic heterocycles. The van der Waals surface area contributed by atoms with Crippen molar-refractivity contribution in [3.05, 3.63) is 22.2 Å². The molecule has 0 N–H and O–H groups in total. The molecule has 148 valence electrons. The van der Waals surface area contributed by atoms with Gasteiger partial charge in [-0.3, -0.25) is 4.79 Å². The molecule has 1 aromatic rings. The van der Waals surface area contributed by atoms with E-state index in [-0.39, 0.29) is 12.5 Å². The van der Waals surface area contributed by atoms with E-state index < -0.39 is 0 Å². The minimum absolute atomic E-state index is 0.0688. The largest absolute Gasteiger partial charge is 0.479 e. The first-order valence-electron chi connectivity index (χ1n) is 9.20. The predicted molar refractivity (Wildman–Crippen MR) is 115 cm³/mol. The maximum absolute atomic E-state index is 12.2. The van der Waals surface area contributed by atoms with E-state index in [2.05, 4.69) is 24.9 Å². The summed E-state index contributed by atoms with van der Waals surface area (Å²) in [5, 5.41) is 6.40. The van der Waals surface area contributed by atoms with Gasteiger partial charge in [0.25, 0.3) is 0 Å². The fraction of sp³-hybridized carbons (Fsp3) is 0.524. The highest BCUT2D eigenvalue weighted by molar-refractivity contribution is 6.37. The van der Waals surface area contributed by atoms with Gasteiger partial charge in [0.2, 0.25) is 5.91 Å². The Morgan fingerprint density at radius 2 is 2.00 bits per heavy atom. The van der Waals surface area contributed by atoms with Crippen molar-refractivity contribution in [1.82, 2.24) is 0 Å². The van der Waals surface area contributed by atoms with Gasteiger partial charge in [-0.2, -0.15) is 10.1 Å². The molecule has 0 saturated heterocycles. The standard InChI is InChI=1S/C21H28Cl2N2O2/c1-6-12-27-21-14-20(18(22)13-19(21)23)25(17(5)26)24-16(4)11-9-8-10-15(3)7-2/h1,13-15H,7-12H2,2-5H3/b24-16+. The van der Waals surface area contributed by atoms with Gasteiger partial charge >= 0.3 is 0 Å². The molecule has 0 spiro atoms. The van der Waals surface area contributed by atoms with Crippen molar-refractivity contribution >= 4 is 40.5 Å². The number of carbonyl (C=O) groups excluding carboxylic acids is 1. The zero-order valence-corrected chi connectivity index (χ0v) is 18.0. The van der Waals surface area contributed by atoms with Gasteiger partial charge in [0, 0.05) is 18.7 Å². The molecule has 0 aliphatic heterocycles. The van der Waals surface area contributed by atoms with Crippen LogP contribution in [0.5, 0.6) is 5.75 Å². The predicted octanol–water partition coefficient (Wildman–Crippen LogP) is 6.34. The van der Waals surface area contributed by atoms with E-state index in [1.807, 2.05) is 6.92 Å². The molecule has 1 unspecified atom stereocenters. The first kappa shape index (κ1) is 23.3. The number of halogens is 2. The van der Waals surface area contributed by atoms with Gasteiger partial charge in [-0.15, -0.1) is 6.42 Å². The molecule has 1 amide bonds. The van der Waals surface area contributed by atoms with E-state index in [9.17, 15) is 4.79 Å². The lowest BCUT2D eigenvalue weighted by molar-refractivity contribution is -0.116. The van der Waals surface area contributed by atoms with Crippen molar-refractivity contribution in [2.75, 3.05) is 11.6 Å². The zero-order chi connectivity index (χ0) is 20.4. The molecule has 1 aromatic carbocycles. The molecular formula is C21H28Cl2N2O2. The molecule has 6 heteroatoms. The zero-order valence-electron chi connectivity index (χ0n) is 16.5. The van der Waals surface area contributed by atoms with E-state index in [1.165, 1.54) is 30.8 Å². The van der Waals surface area contributed by atoms with Crippen LogP contribution in [0.3, 0.4) is 0 Å². The van der Waals surface area contributed by atoms with Crippen LogP contribution in [0.1, 0.15) is 59.8 Å². The van der Waals surface area contributed by atoms with Crippen LogP contribution >= 0.6 is 23.2 Å². The number of hydrazone groups is 1. The second-order valence-electron chi connectivity index (χ2n) is 6.65. The van der Waals surface area contributed by atoms with Crippen LogP contribution in [0.4, 0.5) is 5.69 Å². The third-order valence-corrected chi connectivity index (χ3v) is 4.89. The summed E-state index contributed by atoms with van der Waals surface area (Å²) in [6.45, 7) is 7.89. The van der Waals surface area contributed by atoms with Crippen molar-refractivity contribution < 1.29 is 9.53 Å². The van der Waals surface area contributed by atoms with Crippen LogP contribution in [0.15, 0.2) is 17.2 Å². The third kappa shape index (κ3) is 7.82. The normalized spacial score (nSPS) is 12.4. The lowest BCUT2D eigenvalue weighted by Gasteiger charge is -2.19. The molecule has 0 aliphatic carbocycles. The molecule has 0 radical (unpaired) electrons. The monoisotopic (exact) mass is 410 g/mol. The highest BCUT2D eigenvalue weighted by atomic mass is 35.5. The Hall–Kier alpha value is -1.70. The van der Waals surface area contributed by atoms with E-state index in [4.69, 9.17) is 34.4 Å². The molecule has 0 fully saturated rings. The first-order chi connectivity index (χ1) is 12.8. The van der Waals surface area contributed by atoms with Crippen LogP contribution in [0.25, 0.3) is 0 Å².